The van der Waals surface area contributed by atoms with Gasteiger partial charge < -0.3 is 4.57 Å². The van der Waals surface area contributed by atoms with Gasteiger partial charge in [-0.1, -0.05) is 30.3 Å². The van der Waals surface area contributed by atoms with Crippen LogP contribution in [0.4, 0.5) is 4.39 Å². The lowest BCUT2D eigenvalue weighted by atomic mass is 10.1. The van der Waals surface area contributed by atoms with Crippen molar-refractivity contribution in [1.82, 2.24) is 9.55 Å². The Bertz CT molecular complexity index is 813. The Morgan fingerprint density at radius 1 is 1.09 bits per heavy atom. The molecule has 0 atom stereocenters. The number of aryl methyl sites for hydroxylation is 2. The van der Waals surface area contributed by atoms with Crippen molar-refractivity contribution < 1.29 is 4.39 Å². The van der Waals surface area contributed by atoms with Crippen molar-refractivity contribution in [2.24, 2.45) is 0 Å². The Morgan fingerprint density at radius 3 is 2.64 bits per heavy atom. The van der Waals surface area contributed by atoms with E-state index >= 15 is 0 Å². The van der Waals surface area contributed by atoms with E-state index in [1.54, 1.807) is 30.7 Å². The molecule has 0 unspecified atom stereocenters. The molecule has 0 amide bonds. The third-order valence-corrected chi connectivity index (χ3v) is 3.59. The van der Waals surface area contributed by atoms with Crippen LogP contribution in [0.25, 0.3) is 11.3 Å². The van der Waals surface area contributed by atoms with E-state index in [1.807, 2.05) is 22.8 Å². The van der Waals surface area contributed by atoms with Crippen molar-refractivity contribution in [3.8, 4) is 17.3 Å². The van der Waals surface area contributed by atoms with E-state index < -0.39 is 0 Å². The van der Waals surface area contributed by atoms with Crippen LogP contribution in [0.15, 0.2) is 61.1 Å². The molecule has 4 heteroatoms. The Morgan fingerprint density at radius 2 is 1.86 bits per heavy atom. The summed E-state index contributed by atoms with van der Waals surface area (Å²) < 4.78 is 14.9. The summed E-state index contributed by atoms with van der Waals surface area (Å²) in [4.78, 5) is 4.19. The van der Waals surface area contributed by atoms with Crippen molar-refractivity contribution in [1.29, 1.82) is 5.26 Å². The summed E-state index contributed by atoms with van der Waals surface area (Å²) in [6, 6.07) is 16.2. The topological polar surface area (TPSA) is 41.6 Å². The molecule has 0 saturated carbocycles. The SMILES string of the molecule is N#Cc1ccccc1-c1cncn1CCc1ccc(F)cc1. The predicted octanol–water partition coefficient (Wildman–Crippen LogP) is 3.80. The number of benzene rings is 2. The zero-order chi connectivity index (χ0) is 15.4. The number of aromatic nitrogens is 2. The van der Waals surface area contributed by atoms with Crippen molar-refractivity contribution in [2.45, 2.75) is 13.0 Å². The fraction of sp³-hybridized carbons (Fsp3) is 0.111. The first-order valence-electron chi connectivity index (χ1n) is 7.02. The zero-order valence-corrected chi connectivity index (χ0v) is 11.9. The molecular formula is C18H14FN3. The number of nitrogens with zero attached hydrogens (tertiary/aromatic N) is 3. The van der Waals surface area contributed by atoms with Crippen LogP contribution in [-0.2, 0) is 13.0 Å². The van der Waals surface area contributed by atoms with Crippen molar-refractivity contribution >= 4 is 0 Å². The van der Waals surface area contributed by atoms with Crippen molar-refractivity contribution in [3.63, 3.8) is 0 Å². The van der Waals surface area contributed by atoms with E-state index in [2.05, 4.69) is 11.1 Å². The molecule has 0 radical (unpaired) electrons. The first-order valence-corrected chi connectivity index (χ1v) is 7.02. The maximum Gasteiger partial charge on any atom is 0.123 e. The summed E-state index contributed by atoms with van der Waals surface area (Å²) in [6.07, 6.45) is 4.30. The maximum absolute atomic E-state index is 12.9. The smallest absolute Gasteiger partial charge is 0.123 e. The number of nitriles is 1. The minimum Gasteiger partial charge on any atom is -0.330 e. The second kappa shape index (κ2) is 6.23. The van der Waals surface area contributed by atoms with Gasteiger partial charge in [-0.2, -0.15) is 5.26 Å². The first-order chi connectivity index (χ1) is 10.8. The summed E-state index contributed by atoms with van der Waals surface area (Å²) >= 11 is 0. The highest BCUT2D eigenvalue weighted by atomic mass is 19.1. The number of rotatable bonds is 4. The molecule has 0 aliphatic rings. The number of hydrogen-bond acceptors (Lipinski definition) is 2. The van der Waals surface area contributed by atoms with Gasteiger partial charge in [-0.15, -0.1) is 0 Å². The van der Waals surface area contributed by atoms with Crippen molar-refractivity contribution in [3.05, 3.63) is 78.0 Å². The molecule has 0 aliphatic heterocycles. The van der Waals surface area contributed by atoms with Crippen LogP contribution in [0.1, 0.15) is 11.1 Å². The molecule has 0 saturated heterocycles. The van der Waals surface area contributed by atoms with Crippen LogP contribution >= 0.6 is 0 Å². The molecule has 1 aromatic heterocycles. The summed E-state index contributed by atoms with van der Waals surface area (Å²) in [7, 11) is 0. The molecule has 0 N–H and O–H groups in total. The second-order valence-corrected chi connectivity index (χ2v) is 5.01. The van der Waals surface area contributed by atoms with Gasteiger partial charge in [0.15, 0.2) is 0 Å². The average molecular weight is 291 g/mol. The molecule has 2 aromatic carbocycles. The Hall–Kier alpha value is -2.93. The third-order valence-electron chi connectivity index (χ3n) is 3.59. The number of halogens is 1. The van der Waals surface area contributed by atoms with Crippen LogP contribution in [0.5, 0.6) is 0 Å². The third kappa shape index (κ3) is 2.89. The van der Waals surface area contributed by atoms with Gasteiger partial charge >= 0.3 is 0 Å². The van der Waals surface area contributed by atoms with Crippen LogP contribution in [-0.4, -0.2) is 9.55 Å². The lowest BCUT2D eigenvalue weighted by Gasteiger charge is -2.09. The number of imidazole rings is 1. The largest absolute Gasteiger partial charge is 0.330 e. The van der Waals surface area contributed by atoms with E-state index in [0.717, 1.165) is 29.8 Å². The molecule has 3 aromatic rings. The van der Waals surface area contributed by atoms with Crippen molar-refractivity contribution in [2.75, 3.05) is 0 Å². The molecule has 3 nitrogen and oxygen atoms in total. The molecule has 22 heavy (non-hydrogen) atoms. The molecular weight excluding hydrogens is 277 g/mol. The second-order valence-electron chi connectivity index (χ2n) is 5.01. The molecule has 0 aliphatic carbocycles. The van der Waals surface area contributed by atoms with Crippen LogP contribution in [0, 0.1) is 17.1 Å². The Kier molecular flexibility index (Phi) is 3.97. The zero-order valence-electron chi connectivity index (χ0n) is 11.9. The Labute approximate surface area is 128 Å². The maximum atomic E-state index is 12.9. The van der Waals surface area contributed by atoms with Gasteiger partial charge in [0.1, 0.15) is 5.82 Å². The van der Waals surface area contributed by atoms with Gasteiger partial charge in [0.25, 0.3) is 0 Å². The van der Waals surface area contributed by atoms with Gasteiger partial charge in [-0.25, -0.2) is 9.37 Å². The van der Waals surface area contributed by atoms with Gasteiger partial charge in [-0.3, -0.25) is 0 Å². The molecule has 1 heterocycles. The van der Waals surface area contributed by atoms with Gasteiger partial charge in [0.2, 0.25) is 0 Å². The Balaban J connectivity index is 1.83. The first kappa shape index (κ1) is 14.0. The minimum atomic E-state index is -0.227. The van der Waals surface area contributed by atoms with Crippen LogP contribution in [0.3, 0.4) is 0 Å². The summed E-state index contributed by atoms with van der Waals surface area (Å²) in [6.45, 7) is 0.723. The van der Waals surface area contributed by atoms with Crippen LogP contribution < -0.4 is 0 Å². The summed E-state index contributed by atoms with van der Waals surface area (Å²) in [5.41, 5.74) is 3.49. The van der Waals surface area contributed by atoms with E-state index in [9.17, 15) is 9.65 Å². The normalized spacial score (nSPS) is 10.4. The van der Waals surface area contributed by atoms with E-state index in [4.69, 9.17) is 0 Å². The lowest BCUT2D eigenvalue weighted by molar-refractivity contribution is 0.625. The van der Waals surface area contributed by atoms with E-state index in [1.165, 1.54) is 12.1 Å². The van der Waals surface area contributed by atoms with Gasteiger partial charge in [-0.05, 0) is 30.2 Å². The average Bonchev–Trinajstić information content (AvgIpc) is 3.02. The van der Waals surface area contributed by atoms with Gasteiger partial charge in [0, 0.05) is 12.1 Å². The molecule has 0 bridgehead atoms. The quantitative estimate of drug-likeness (QED) is 0.733. The lowest BCUT2D eigenvalue weighted by Crippen LogP contribution is -2.02. The molecule has 0 fully saturated rings. The highest BCUT2D eigenvalue weighted by Gasteiger charge is 2.09. The molecule has 3 rings (SSSR count). The summed E-state index contributed by atoms with van der Waals surface area (Å²) in [5.74, 6) is -0.227. The fourth-order valence-corrected chi connectivity index (χ4v) is 2.43. The highest BCUT2D eigenvalue weighted by molar-refractivity contribution is 5.67. The monoisotopic (exact) mass is 291 g/mol. The number of hydrogen-bond donors (Lipinski definition) is 0. The summed E-state index contributed by atoms with van der Waals surface area (Å²) in [5, 5.41) is 9.23. The van der Waals surface area contributed by atoms with E-state index in [0.29, 0.717) is 5.56 Å². The fourth-order valence-electron chi connectivity index (χ4n) is 2.43. The minimum absolute atomic E-state index is 0.227. The standard InChI is InChI=1S/C18H14FN3/c19-16-7-5-14(6-8-16)9-10-22-13-21-12-18(22)17-4-2-1-3-15(17)11-20/h1-8,12-13H,9-10H2. The van der Waals surface area contributed by atoms with E-state index in [-0.39, 0.29) is 5.82 Å². The molecule has 0 spiro atoms. The highest BCUT2D eigenvalue weighted by Crippen LogP contribution is 2.23. The van der Waals surface area contributed by atoms with Gasteiger partial charge in [0.05, 0.1) is 29.9 Å². The van der Waals surface area contributed by atoms with Crippen LogP contribution in [0.2, 0.25) is 0 Å². The molecule has 108 valence electrons. The predicted molar refractivity (Wildman–Crippen MR) is 82.5 cm³/mol.